The van der Waals surface area contributed by atoms with Crippen LogP contribution in [0, 0.1) is 0 Å². The maximum absolute atomic E-state index is 10.8. The third-order valence-corrected chi connectivity index (χ3v) is 4.23. The molecule has 2 fully saturated rings. The van der Waals surface area contributed by atoms with Gasteiger partial charge in [-0.15, -0.1) is 0 Å². The third kappa shape index (κ3) is 4.48. The molecule has 0 amide bonds. The first-order valence-corrected chi connectivity index (χ1v) is 7.96. The number of hydrogen-bond donors (Lipinski definition) is 7. The monoisotopic (exact) mass is 384 g/mol. The Hall–Kier alpha value is -0.930. The van der Waals surface area contributed by atoms with E-state index in [4.69, 9.17) is 19.3 Å². The molecule has 10 atom stereocenters. The summed E-state index contributed by atoms with van der Waals surface area (Å²) in [5.74, 6) is -0.661. The highest BCUT2D eigenvalue weighted by Gasteiger charge is 2.51. The molecule has 12 nitrogen and oxygen atoms in total. The van der Waals surface area contributed by atoms with Gasteiger partial charge >= 0.3 is 5.97 Å². The summed E-state index contributed by atoms with van der Waals surface area (Å²) in [4.78, 5) is 10.8. The van der Waals surface area contributed by atoms with Crippen LogP contribution in [0.3, 0.4) is 0 Å². The highest BCUT2D eigenvalue weighted by molar-refractivity contribution is 5.65. The van der Waals surface area contributed by atoms with Crippen LogP contribution in [0.4, 0.5) is 0 Å². The van der Waals surface area contributed by atoms with Crippen molar-refractivity contribution in [3.8, 4) is 0 Å². The average Bonchev–Trinajstić information content (AvgIpc) is 2.88. The molecule has 0 aromatic carbocycles. The number of rotatable bonds is 6. The summed E-state index contributed by atoms with van der Waals surface area (Å²) < 4.78 is 20.0. The SMILES string of the molecule is CC(=O)OC[C@@H](O)[C@@H]1OC(O)[C@H](O[C@H]2O[C@H](CO)[C@@H](O)[C@H](O)[C@H]2O)[C@H]1O. The Kier molecular flexibility index (Phi) is 7.27. The van der Waals surface area contributed by atoms with Gasteiger partial charge in [-0.1, -0.05) is 0 Å². The molecule has 0 radical (unpaired) electrons. The maximum Gasteiger partial charge on any atom is 0.302 e. The number of aliphatic hydroxyl groups is 7. The smallest absolute Gasteiger partial charge is 0.302 e. The molecule has 26 heavy (non-hydrogen) atoms. The van der Waals surface area contributed by atoms with Crippen molar-refractivity contribution in [3.63, 3.8) is 0 Å². The van der Waals surface area contributed by atoms with Crippen molar-refractivity contribution in [2.75, 3.05) is 13.2 Å². The lowest BCUT2D eigenvalue weighted by Crippen LogP contribution is -2.60. The molecular formula is C14H24O12. The molecule has 0 aromatic rings. The highest BCUT2D eigenvalue weighted by atomic mass is 16.7. The van der Waals surface area contributed by atoms with Gasteiger partial charge in [-0.2, -0.15) is 0 Å². The van der Waals surface area contributed by atoms with Crippen LogP contribution in [0.25, 0.3) is 0 Å². The van der Waals surface area contributed by atoms with E-state index in [0.717, 1.165) is 6.92 Å². The molecule has 0 aliphatic carbocycles. The van der Waals surface area contributed by atoms with Crippen LogP contribution >= 0.6 is 0 Å². The van der Waals surface area contributed by atoms with Gasteiger partial charge in [0.05, 0.1) is 6.61 Å². The number of esters is 1. The van der Waals surface area contributed by atoms with Crippen LogP contribution in [-0.2, 0) is 23.7 Å². The molecule has 1 unspecified atom stereocenters. The van der Waals surface area contributed by atoms with Gasteiger partial charge in [-0.25, -0.2) is 0 Å². The maximum atomic E-state index is 10.8. The summed E-state index contributed by atoms with van der Waals surface area (Å²) in [5, 5.41) is 68.5. The number of carbonyl (C=O) groups excluding carboxylic acids is 1. The first-order valence-electron chi connectivity index (χ1n) is 7.96. The minimum atomic E-state index is -1.74. The van der Waals surface area contributed by atoms with Crippen LogP contribution in [0.15, 0.2) is 0 Å². The summed E-state index contributed by atoms with van der Waals surface area (Å²) >= 11 is 0. The van der Waals surface area contributed by atoms with Crippen LogP contribution in [0.5, 0.6) is 0 Å². The van der Waals surface area contributed by atoms with Crippen LogP contribution < -0.4 is 0 Å². The molecule has 7 N–H and O–H groups in total. The van der Waals surface area contributed by atoms with E-state index in [1.165, 1.54) is 0 Å². The van der Waals surface area contributed by atoms with Crippen molar-refractivity contribution < 1.29 is 59.5 Å². The van der Waals surface area contributed by atoms with Crippen LogP contribution in [0.2, 0.25) is 0 Å². The van der Waals surface area contributed by atoms with E-state index in [2.05, 4.69) is 4.74 Å². The molecule has 0 aromatic heterocycles. The quantitative estimate of drug-likeness (QED) is 0.216. The Morgan fingerprint density at radius 3 is 2.27 bits per heavy atom. The second kappa shape index (κ2) is 8.84. The third-order valence-electron chi connectivity index (χ3n) is 4.23. The molecular weight excluding hydrogens is 360 g/mol. The second-order valence-corrected chi connectivity index (χ2v) is 6.15. The summed E-state index contributed by atoms with van der Waals surface area (Å²) in [5.41, 5.74) is 0. The van der Waals surface area contributed by atoms with E-state index in [1.807, 2.05) is 0 Å². The Labute approximate surface area is 148 Å². The van der Waals surface area contributed by atoms with E-state index in [-0.39, 0.29) is 0 Å². The fraction of sp³-hybridized carbons (Fsp3) is 0.929. The average molecular weight is 384 g/mol. The molecule has 2 rings (SSSR count). The second-order valence-electron chi connectivity index (χ2n) is 6.15. The molecule has 0 bridgehead atoms. The molecule has 2 aliphatic heterocycles. The first kappa shape index (κ1) is 21.4. The van der Waals surface area contributed by atoms with Crippen molar-refractivity contribution in [2.24, 2.45) is 0 Å². The first-order chi connectivity index (χ1) is 12.2. The fourth-order valence-corrected chi connectivity index (χ4v) is 2.77. The van der Waals surface area contributed by atoms with Gasteiger partial charge in [0.1, 0.15) is 55.4 Å². The van der Waals surface area contributed by atoms with Crippen molar-refractivity contribution in [1.29, 1.82) is 0 Å². The Bertz CT molecular complexity index is 473. The predicted molar refractivity (Wildman–Crippen MR) is 78.2 cm³/mol. The normalized spacial score (nSPS) is 44.7. The zero-order valence-corrected chi connectivity index (χ0v) is 13.9. The Morgan fingerprint density at radius 1 is 1.04 bits per heavy atom. The molecule has 12 heteroatoms. The van der Waals surface area contributed by atoms with Gasteiger partial charge in [-0.05, 0) is 0 Å². The van der Waals surface area contributed by atoms with Gasteiger partial charge < -0.3 is 54.7 Å². The van der Waals surface area contributed by atoms with E-state index in [1.54, 1.807) is 0 Å². The van der Waals surface area contributed by atoms with Crippen molar-refractivity contribution in [3.05, 3.63) is 0 Å². The largest absolute Gasteiger partial charge is 0.463 e. The molecule has 2 heterocycles. The van der Waals surface area contributed by atoms with E-state index >= 15 is 0 Å². The van der Waals surface area contributed by atoms with E-state index < -0.39 is 80.6 Å². The van der Waals surface area contributed by atoms with E-state index in [9.17, 15) is 35.4 Å². The lowest BCUT2D eigenvalue weighted by molar-refractivity contribution is -0.324. The number of aliphatic hydroxyl groups excluding tert-OH is 7. The number of hydrogen-bond acceptors (Lipinski definition) is 12. The van der Waals surface area contributed by atoms with Gasteiger partial charge in [-0.3, -0.25) is 4.79 Å². The molecule has 0 spiro atoms. The van der Waals surface area contributed by atoms with Crippen molar-refractivity contribution in [1.82, 2.24) is 0 Å². The minimum Gasteiger partial charge on any atom is -0.463 e. The summed E-state index contributed by atoms with van der Waals surface area (Å²) in [6.45, 7) is -0.0458. The molecule has 0 saturated carbocycles. The summed E-state index contributed by atoms with van der Waals surface area (Å²) in [7, 11) is 0. The zero-order chi connectivity index (χ0) is 19.6. The van der Waals surface area contributed by atoms with Crippen LogP contribution in [-0.4, -0.2) is 116 Å². The van der Waals surface area contributed by atoms with Crippen LogP contribution in [0.1, 0.15) is 6.92 Å². The number of carbonyl (C=O) groups is 1. The van der Waals surface area contributed by atoms with E-state index in [0.29, 0.717) is 0 Å². The van der Waals surface area contributed by atoms with Crippen molar-refractivity contribution in [2.45, 2.75) is 68.3 Å². The van der Waals surface area contributed by atoms with Gasteiger partial charge in [0.25, 0.3) is 0 Å². The zero-order valence-electron chi connectivity index (χ0n) is 13.9. The fourth-order valence-electron chi connectivity index (χ4n) is 2.77. The Balaban J connectivity index is 2.01. The minimum absolute atomic E-state index is 0.490. The molecule has 152 valence electrons. The van der Waals surface area contributed by atoms with Gasteiger partial charge in [0, 0.05) is 6.92 Å². The van der Waals surface area contributed by atoms with Gasteiger partial charge in [0.2, 0.25) is 0 Å². The lowest BCUT2D eigenvalue weighted by atomic mass is 9.99. The Morgan fingerprint density at radius 2 is 1.69 bits per heavy atom. The lowest BCUT2D eigenvalue weighted by Gasteiger charge is -2.40. The molecule has 2 saturated heterocycles. The summed E-state index contributed by atoms with van der Waals surface area (Å²) in [6.07, 6.45) is -15.5. The molecule has 2 aliphatic rings. The summed E-state index contributed by atoms with van der Waals surface area (Å²) in [6, 6.07) is 0. The topological polar surface area (TPSA) is 196 Å². The highest BCUT2D eigenvalue weighted by Crippen LogP contribution is 2.30. The standard InChI is InChI=1S/C14H24O12/c1-4(16)23-3-5(17)11-10(21)12(13(22)25-11)26-14-9(20)8(19)7(18)6(2-15)24-14/h5-15,17-22H,2-3H2,1H3/t5-,6-,7-,8+,9-,10+,11+,12-,13?,14-/m1/s1. The number of ether oxygens (including phenoxy) is 4. The predicted octanol–water partition coefficient (Wildman–Crippen LogP) is -4.83. The van der Waals surface area contributed by atoms with Gasteiger partial charge in [0.15, 0.2) is 12.6 Å². The van der Waals surface area contributed by atoms with Crippen molar-refractivity contribution >= 4 is 5.97 Å².